The summed E-state index contributed by atoms with van der Waals surface area (Å²) in [6, 6.07) is 55.1. The van der Waals surface area contributed by atoms with Crippen molar-refractivity contribution in [1.82, 2.24) is 69.8 Å². The summed E-state index contributed by atoms with van der Waals surface area (Å²) in [6.07, 6.45) is 21.4. The first-order valence-corrected chi connectivity index (χ1v) is 26.5. The normalized spacial score (nSPS) is 10.4. The monoisotopic (exact) mass is 1270 g/mol. The van der Waals surface area contributed by atoms with Gasteiger partial charge in [-0.25, -0.2) is 9.97 Å². The van der Waals surface area contributed by atoms with Gasteiger partial charge in [0.05, 0.1) is 89.7 Å². The van der Waals surface area contributed by atoms with E-state index in [1.165, 1.54) is 0 Å². The number of nitrogens with zero attached hydrogens (tertiary/aromatic N) is 14. The molecular formula is C68H52N14Ru2+4. The molecule has 14 nitrogen and oxygen atoms in total. The minimum absolute atomic E-state index is 0. The van der Waals surface area contributed by atoms with E-state index in [9.17, 15) is 0 Å². The first-order valence-electron chi connectivity index (χ1n) is 26.5. The van der Waals surface area contributed by atoms with Gasteiger partial charge in [-0.15, -0.1) is 0 Å². The number of hydrogen-bond acceptors (Lipinski definition) is 14. The Balaban J connectivity index is 0.000000134. The van der Waals surface area contributed by atoms with Crippen LogP contribution in [0, 0.1) is 27.7 Å². The molecule has 0 saturated heterocycles. The molecule has 15 aromatic rings. The zero-order valence-corrected chi connectivity index (χ0v) is 49.5. The van der Waals surface area contributed by atoms with Gasteiger partial charge in [0.2, 0.25) is 0 Å². The molecule has 0 N–H and O–H groups in total. The van der Waals surface area contributed by atoms with Gasteiger partial charge >= 0.3 is 39.0 Å². The summed E-state index contributed by atoms with van der Waals surface area (Å²) >= 11 is 0. The Kier molecular flexibility index (Phi) is 19.7. The molecule has 0 saturated carbocycles. The van der Waals surface area contributed by atoms with Crippen LogP contribution in [0.15, 0.2) is 244 Å². The van der Waals surface area contributed by atoms with E-state index in [1.54, 1.807) is 74.4 Å². The van der Waals surface area contributed by atoms with Crippen molar-refractivity contribution in [3.8, 4) is 45.6 Å². The summed E-state index contributed by atoms with van der Waals surface area (Å²) in [5.74, 6) is 0. The summed E-state index contributed by atoms with van der Waals surface area (Å²) in [5, 5.41) is 3.76. The molecule has 13 aromatic heterocycles. The number of rotatable bonds is 4. The van der Waals surface area contributed by atoms with Crippen molar-refractivity contribution in [3.05, 3.63) is 266 Å². The molecule has 0 aliphatic carbocycles. The van der Waals surface area contributed by atoms with Crippen LogP contribution in [0.5, 0.6) is 0 Å². The van der Waals surface area contributed by atoms with Crippen molar-refractivity contribution in [2.45, 2.75) is 27.7 Å². The van der Waals surface area contributed by atoms with Crippen LogP contribution in [0.4, 0.5) is 0 Å². The summed E-state index contributed by atoms with van der Waals surface area (Å²) in [6.45, 7) is 8.15. The predicted molar refractivity (Wildman–Crippen MR) is 327 cm³/mol. The maximum atomic E-state index is 5.14. The van der Waals surface area contributed by atoms with E-state index in [-0.39, 0.29) is 39.0 Å². The first kappa shape index (κ1) is 58.8. The van der Waals surface area contributed by atoms with Gasteiger partial charge in [0.15, 0.2) is 0 Å². The van der Waals surface area contributed by atoms with Crippen molar-refractivity contribution < 1.29 is 39.0 Å². The fourth-order valence-electron chi connectivity index (χ4n) is 9.35. The summed E-state index contributed by atoms with van der Waals surface area (Å²) < 4.78 is 0. The van der Waals surface area contributed by atoms with Gasteiger partial charge in [-0.3, -0.25) is 59.8 Å². The van der Waals surface area contributed by atoms with E-state index < -0.39 is 0 Å². The molecule has 2 aromatic carbocycles. The third kappa shape index (κ3) is 13.2. The largest absolute Gasteiger partial charge is 2.00 e. The van der Waals surface area contributed by atoms with Crippen LogP contribution in [0.1, 0.15) is 22.3 Å². The van der Waals surface area contributed by atoms with Gasteiger partial charge in [0.1, 0.15) is 0 Å². The Hall–Kier alpha value is -9.87. The zero-order chi connectivity index (χ0) is 56.0. The van der Waals surface area contributed by atoms with E-state index in [4.69, 9.17) is 9.97 Å². The molecule has 0 atom stereocenters. The maximum Gasteiger partial charge on any atom is 2.00 e. The van der Waals surface area contributed by atoms with Gasteiger partial charge in [0, 0.05) is 95.9 Å². The molecule has 0 amide bonds. The van der Waals surface area contributed by atoms with E-state index in [1.807, 2.05) is 198 Å². The minimum atomic E-state index is 0. The molecule has 0 unspecified atom stereocenters. The number of hydrogen-bond donors (Lipinski definition) is 0. The molecule has 406 valence electrons. The summed E-state index contributed by atoms with van der Waals surface area (Å²) in [7, 11) is 0. The molecule has 0 spiro atoms. The molecule has 15 rings (SSSR count). The average Bonchev–Trinajstić information content (AvgIpc) is 0.952. The zero-order valence-electron chi connectivity index (χ0n) is 46.1. The number of aromatic nitrogens is 14. The Labute approximate surface area is 510 Å². The number of benzene rings is 2. The molecule has 0 fully saturated rings. The van der Waals surface area contributed by atoms with Crippen molar-refractivity contribution >= 4 is 65.7 Å². The molecule has 0 radical (unpaired) electrons. The van der Waals surface area contributed by atoms with Gasteiger partial charge < -0.3 is 0 Å². The SMILES string of the molecule is Cc1cccnc1-c1ccccn1.Cc1cccnc1-c1ccccn1.Cc1cccnc1-c1ccccn1.Cc1cccnc1-c1ccccn1.[Ru+2].[Ru+2].c1cnc2c(c1)c1nc3c4cccnc4c4ncccc4c3nc1c1cccnc12. The Morgan fingerprint density at radius 1 is 0.190 bits per heavy atom. The van der Waals surface area contributed by atoms with E-state index in [2.05, 4.69) is 59.8 Å². The molecule has 0 bridgehead atoms. The smallest absolute Gasteiger partial charge is 0.255 e. The molecule has 0 aliphatic rings. The molecule has 16 heteroatoms. The van der Waals surface area contributed by atoms with E-state index in [0.29, 0.717) is 0 Å². The van der Waals surface area contributed by atoms with Crippen LogP contribution in [0.3, 0.4) is 0 Å². The van der Waals surface area contributed by atoms with E-state index >= 15 is 0 Å². The van der Waals surface area contributed by atoms with Crippen LogP contribution in [-0.2, 0) is 39.0 Å². The van der Waals surface area contributed by atoms with Crippen LogP contribution in [-0.4, -0.2) is 69.8 Å². The van der Waals surface area contributed by atoms with Crippen molar-refractivity contribution in [1.29, 1.82) is 0 Å². The van der Waals surface area contributed by atoms with Crippen LogP contribution < -0.4 is 0 Å². The summed E-state index contributed by atoms with van der Waals surface area (Å²) in [5.41, 5.74) is 18.8. The number of aryl methyl sites for hydroxylation is 4. The molecule has 13 heterocycles. The van der Waals surface area contributed by atoms with Gasteiger partial charge in [-0.1, -0.05) is 48.5 Å². The molecule has 84 heavy (non-hydrogen) atoms. The fourth-order valence-corrected chi connectivity index (χ4v) is 9.35. The summed E-state index contributed by atoms with van der Waals surface area (Å²) in [4.78, 5) is 62.8. The number of fused-ring (bicyclic) bond motifs is 12. The van der Waals surface area contributed by atoms with Crippen LogP contribution in [0.25, 0.3) is 111 Å². The number of pyridine rings is 12. The second-order valence-electron chi connectivity index (χ2n) is 18.8. The van der Waals surface area contributed by atoms with Gasteiger partial charge in [-0.05, 0) is 171 Å². The fraction of sp³-hybridized carbons (Fsp3) is 0.0588. The minimum Gasteiger partial charge on any atom is -0.255 e. The van der Waals surface area contributed by atoms with Gasteiger partial charge in [0.25, 0.3) is 0 Å². The third-order valence-corrected chi connectivity index (χ3v) is 13.3. The topological polar surface area (TPSA) is 180 Å². The van der Waals surface area contributed by atoms with Gasteiger partial charge in [-0.2, -0.15) is 0 Å². The second-order valence-corrected chi connectivity index (χ2v) is 18.8. The second kappa shape index (κ2) is 28.2. The average molecular weight is 1270 g/mol. The van der Waals surface area contributed by atoms with Crippen LogP contribution >= 0.6 is 0 Å². The first-order chi connectivity index (χ1) is 40.4. The van der Waals surface area contributed by atoms with Crippen LogP contribution in [0.2, 0.25) is 0 Å². The van der Waals surface area contributed by atoms with E-state index in [0.717, 1.165) is 133 Å². The van der Waals surface area contributed by atoms with Crippen molar-refractivity contribution in [2.75, 3.05) is 0 Å². The quantitative estimate of drug-likeness (QED) is 0.0922. The predicted octanol–water partition coefficient (Wildman–Crippen LogP) is 14.8. The Morgan fingerprint density at radius 3 is 0.595 bits per heavy atom. The molecular weight excluding hydrogens is 1210 g/mol. The van der Waals surface area contributed by atoms with Crippen molar-refractivity contribution in [2.24, 2.45) is 0 Å². The van der Waals surface area contributed by atoms with Crippen molar-refractivity contribution in [3.63, 3.8) is 0 Å². The third-order valence-electron chi connectivity index (χ3n) is 13.3. The Bertz CT molecular complexity index is 4060. The Morgan fingerprint density at radius 2 is 0.393 bits per heavy atom. The molecule has 0 aliphatic heterocycles. The standard InChI is InChI=1S/C24H12N6.4C11H10N2.2Ru/c1-5-13-17(25-9-1)18-14(6-2-10-26-18)22-21(13)29-23-15-7-3-11-27-19(15)20-16(24(23)30-22)8-4-12-28-20;4*1-9-5-4-8-13-11(9)10-6-2-3-7-12-10;;/h1-12H;4*2-8H,1H3;;/q;;;;;2*+2. The maximum absolute atomic E-state index is 5.14.